The number of carboxylic acids is 1. The average molecular weight is 282 g/mol. The first kappa shape index (κ1) is 15.8. The molecule has 0 aromatic carbocycles. The van der Waals surface area contributed by atoms with E-state index in [4.69, 9.17) is 0 Å². The van der Waals surface area contributed by atoms with Gasteiger partial charge in [-0.3, -0.25) is 9.59 Å². The molecule has 1 rings (SSSR count). The number of carbonyl (C=O) groups excluding carboxylic acids is 1. The topological polar surface area (TPSA) is 63.6 Å². The van der Waals surface area contributed by atoms with Crippen LogP contribution in [-0.2, 0) is 14.3 Å². The van der Waals surface area contributed by atoms with E-state index in [9.17, 15) is 27.9 Å². The van der Waals surface area contributed by atoms with Gasteiger partial charge in [0.2, 0.25) is 0 Å². The fourth-order valence-corrected chi connectivity index (χ4v) is 2.78. The Balaban J connectivity index is 3.04. The van der Waals surface area contributed by atoms with Crippen molar-refractivity contribution in [2.75, 3.05) is 7.11 Å². The van der Waals surface area contributed by atoms with Gasteiger partial charge in [-0.05, 0) is 25.2 Å². The highest BCUT2D eigenvalue weighted by Gasteiger charge is 2.55. The van der Waals surface area contributed by atoms with Gasteiger partial charge in [-0.25, -0.2) is 0 Å². The summed E-state index contributed by atoms with van der Waals surface area (Å²) in [5.74, 6) is -3.17. The van der Waals surface area contributed by atoms with E-state index in [0.29, 0.717) is 12.8 Å². The molecule has 0 amide bonds. The smallest absolute Gasteiger partial charge is 0.389 e. The lowest BCUT2D eigenvalue weighted by atomic mass is 9.71. The molecule has 0 heterocycles. The third kappa shape index (κ3) is 3.39. The first-order valence-corrected chi connectivity index (χ1v) is 6.12. The number of rotatable bonds is 5. The van der Waals surface area contributed by atoms with E-state index < -0.39 is 42.3 Å². The lowest BCUT2D eigenvalue weighted by Gasteiger charge is -2.32. The highest BCUT2D eigenvalue weighted by Crippen LogP contribution is 2.46. The first-order valence-electron chi connectivity index (χ1n) is 6.12. The van der Waals surface area contributed by atoms with Crippen molar-refractivity contribution in [2.45, 2.75) is 44.7 Å². The Morgan fingerprint density at radius 3 is 2.11 bits per heavy atom. The first-order chi connectivity index (χ1) is 8.74. The summed E-state index contributed by atoms with van der Waals surface area (Å²) in [6.45, 7) is 0. The summed E-state index contributed by atoms with van der Waals surface area (Å²) in [4.78, 5) is 23.3. The Hall–Kier alpha value is -1.27. The molecule has 0 radical (unpaired) electrons. The Labute approximate surface area is 108 Å². The van der Waals surface area contributed by atoms with E-state index in [1.807, 2.05) is 0 Å². The lowest BCUT2D eigenvalue weighted by molar-refractivity contribution is -0.178. The molecule has 19 heavy (non-hydrogen) atoms. The van der Waals surface area contributed by atoms with Gasteiger partial charge in [-0.1, -0.05) is 12.8 Å². The number of methoxy groups -OCH3 is 1. The summed E-state index contributed by atoms with van der Waals surface area (Å²) in [7, 11) is 1.00. The molecule has 1 aliphatic rings. The largest absolute Gasteiger partial charge is 0.480 e. The molecule has 1 fully saturated rings. The molecule has 0 aromatic rings. The van der Waals surface area contributed by atoms with Crippen molar-refractivity contribution in [1.82, 2.24) is 0 Å². The summed E-state index contributed by atoms with van der Waals surface area (Å²) in [6.07, 6.45) is -4.22. The summed E-state index contributed by atoms with van der Waals surface area (Å²) in [5, 5.41) is 9.31. The van der Waals surface area contributed by atoms with Crippen molar-refractivity contribution < 1.29 is 32.6 Å². The molecular formula is C12H17F3O4. The molecule has 4 nitrogen and oxygen atoms in total. The highest BCUT2D eigenvalue weighted by molar-refractivity contribution is 5.99. The number of aliphatic carboxylic acids is 1. The summed E-state index contributed by atoms with van der Waals surface area (Å²) >= 11 is 0. The Bertz CT molecular complexity index is 347. The van der Waals surface area contributed by atoms with E-state index in [1.54, 1.807) is 0 Å². The monoisotopic (exact) mass is 282 g/mol. The molecule has 1 aliphatic carbocycles. The fourth-order valence-electron chi connectivity index (χ4n) is 2.78. The molecule has 0 aliphatic heterocycles. The van der Waals surface area contributed by atoms with E-state index in [0.717, 1.165) is 20.0 Å². The van der Waals surface area contributed by atoms with Crippen LogP contribution in [0.4, 0.5) is 13.2 Å². The van der Waals surface area contributed by atoms with Crippen LogP contribution in [0.25, 0.3) is 0 Å². The van der Waals surface area contributed by atoms with E-state index in [-0.39, 0.29) is 0 Å². The quantitative estimate of drug-likeness (QED) is 0.622. The predicted molar refractivity (Wildman–Crippen MR) is 59.3 cm³/mol. The summed E-state index contributed by atoms with van der Waals surface area (Å²) in [6, 6.07) is 0. The third-order valence-electron chi connectivity index (χ3n) is 3.79. The molecule has 0 bridgehead atoms. The number of hydrogen-bond donors (Lipinski definition) is 1. The maximum atomic E-state index is 12.4. The second-order valence-corrected chi connectivity index (χ2v) is 4.86. The van der Waals surface area contributed by atoms with Crippen molar-refractivity contribution in [3.05, 3.63) is 0 Å². The molecule has 1 unspecified atom stereocenters. The van der Waals surface area contributed by atoms with Gasteiger partial charge in [-0.2, -0.15) is 13.2 Å². The Morgan fingerprint density at radius 2 is 1.74 bits per heavy atom. The maximum Gasteiger partial charge on any atom is 0.389 e. The third-order valence-corrected chi connectivity index (χ3v) is 3.79. The van der Waals surface area contributed by atoms with Gasteiger partial charge < -0.3 is 9.84 Å². The maximum absolute atomic E-state index is 12.4. The van der Waals surface area contributed by atoms with E-state index in [2.05, 4.69) is 4.74 Å². The zero-order chi connectivity index (χ0) is 14.7. The van der Waals surface area contributed by atoms with Gasteiger partial charge in [-0.15, -0.1) is 0 Å². The second-order valence-electron chi connectivity index (χ2n) is 4.86. The average Bonchev–Trinajstić information content (AvgIpc) is 2.81. The standard InChI is InChI=1S/C12H17F3O4/c1-19-10(18)11(9(16)17,6-7-12(13,14)15)8-4-2-3-5-8/h8H,2-7H2,1H3,(H,16,17). The minimum Gasteiger partial charge on any atom is -0.480 e. The number of carboxylic acid groups (broad SMARTS) is 1. The zero-order valence-corrected chi connectivity index (χ0v) is 10.6. The molecule has 0 aromatic heterocycles. The molecule has 0 saturated heterocycles. The highest BCUT2D eigenvalue weighted by atomic mass is 19.4. The zero-order valence-electron chi connectivity index (χ0n) is 10.6. The molecule has 1 N–H and O–H groups in total. The van der Waals surface area contributed by atoms with Crippen LogP contribution in [0.2, 0.25) is 0 Å². The fraction of sp³-hybridized carbons (Fsp3) is 0.833. The summed E-state index contributed by atoms with van der Waals surface area (Å²) < 4.78 is 41.5. The minimum atomic E-state index is -4.49. The van der Waals surface area contributed by atoms with Gasteiger partial charge in [0.1, 0.15) is 0 Å². The SMILES string of the molecule is COC(=O)C(CCC(F)(F)F)(C(=O)O)C1CCCC1. The van der Waals surface area contributed by atoms with Crippen molar-refractivity contribution in [3.8, 4) is 0 Å². The molecule has 7 heteroatoms. The van der Waals surface area contributed by atoms with Crippen LogP contribution < -0.4 is 0 Å². The number of hydrogen-bond acceptors (Lipinski definition) is 3. The Kier molecular flexibility index (Phi) is 4.81. The number of esters is 1. The van der Waals surface area contributed by atoms with Crippen LogP contribution >= 0.6 is 0 Å². The molecule has 1 atom stereocenters. The van der Waals surface area contributed by atoms with Gasteiger partial charge in [0.15, 0.2) is 5.41 Å². The van der Waals surface area contributed by atoms with Crippen molar-refractivity contribution in [2.24, 2.45) is 11.3 Å². The number of carbonyl (C=O) groups is 2. The minimum absolute atomic E-state index is 0.444. The number of halogens is 3. The second kappa shape index (κ2) is 5.79. The number of ether oxygens (including phenoxy) is 1. The normalized spacial score (nSPS) is 20.0. The van der Waals surface area contributed by atoms with Crippen molar-refractivity contribution in [1.29, 1.82) is 0 Å². The van der Waals surface area contributed by atoms with Crippen molar-refractivity contribution >= 4 is 11.9 Å². The summed E-state index contributed by atoms with van der Waals surface area (Å²) in [5.41, 5.74) is -2.07. The van der Waals surface area contributed by atoms with Crippen LogP contribution in [0.3, 0.4) is 0 Å². The van der Waals surface area contributed by atoms with E-state index in [1.165, 1.54) is 0 Å². The van der Waals surface area contributed by atoms with Gasteiger partial charge in [0.25, 0.3) is 0 Å². The van der Waals surface area contributed by atoms with Gasteiger partial charge in [0, 0.05) is 6.42 Å². The number of alkyl halides is 3. The van der Waals surface area contributed by atoms with E-state index >= 15 is 0 Å². The van der Waals surface area contributed by atoms with Crippen molar-refractivity contribution in [3.63, 3.8) is 0 Å². The Morgan fingerprint density at radius 1 is 1.21 bits per heavy atom. The van der Waals surface area contributed by atoms with Crippen LogP contribution in [-0.4, -0.2) is 30.3 Å². The van der Waals surface area contributed by atoms with Crippen LogP contribution in [0.1, 0.15) is 38.5 Å². The molecule has 110 valence electrons. The van der Waals surface area contributed by atoms with Crippen LogP contribution in [0.5, 0.6) is 0 Å². The van der Waals surface area contributed by atoms with Gasteiger partial charge in [0.05, 0.1) is 7.11 Å². The lowest BCUT2D eigenvalue weighted by Crippen LogP contribution is -2.46. The molecular weight excluding hydrogens is 265 g/mol. The molecule has 0 spiro atoms. The predicted octanol–water partition coefficient (Wildman–Crippen LogP) is 2.76. The van der Waals surface area contributed by atoms with Crippen LogP contribution in [0, 0.1) is 11.3 Å². The van der Waals surface area contributed by atoms with Gasteiger partial charge >= 0.3 is 18.1 Å². The van der Waals surface area contributed by atoms with Crippen LogP contribution in [0.15, 0.2) is 0 Å². The molecule has 1 saturated carbocycles.